The first-order valence-corrected chi connectivity index (χ1v) is 11.1. The average molecular weight is 449 g/mol. The molecule has 0 fully saturated rings. The van der Waals surface area contributed by atoms with Gasteiger partial charge in [-0.05, 0) is 74.4 Å². The van der Waals surface area contributed by atoms with E-state index in [1.54, 1.807) is 19.4 Å². The van der Waals surface area contributed by atoms with Crippen LogP contribution >= 0.6 is 0 Å². The first-order valence-electron chi connectivity index (χ1n) is 11.1. The summed E-state index contributed by atoms with van der Waals surface area (Å²) in [5.41, 5.74) is 6.42. The van der Waals surface area contributed by atoms with E-state index in [0.29, 0.717) is 16.8 Å². The van der Waals surface area contributed by atoms with Crippen molar-refractivity contribution in [3.05, 3.63) is 95.2 Å². The van der Waals surface area contributed by atoms with Crippen molar-refractivity contribution in [3.63, 3.8) is 0 Å². The van der Waals surface area contributed by atoms with Crippen molar-refractivity contribution in [1.82, 2.24) is 9.97 Å². The second-order valence-corrected chi connectivity index (χ2v) is 8.39. The number of nitrogens with zero attached hydrogens (tertiary/aromatic N) is 2. The summed E-state index contributed by atoms with van der Waals surface area (Å²) in [5.74, 6) is 0.766. The summed E-state index contributed by atoms with van der Waals surface area (Å²) in [7, 11) is 1.64. The Bertz CT molecular complexity index is 1550. The topological polar surface area (TPSA) is 61.3 Å². The summed E-state index contributed by atoms with van der Waals surface area (Å²) < 4.78 is 11.3. The maximum Gasteiger partial charge on any atom is 0.344 e. The Hall–Kier alpha value is -4.25. The Labute approximate surface area is 198 Å². The maximum atomic E-state index is 13.7. The van der Waals surface area contributed by atoms with Crippen molar-refractivity contribution in [2.45, 2.75) is 20.8 Å². The molecule has 3 aromatic carbocycles. The molecule has 2 heterocycles. The number of hydrogen-bond acceptors (Lipinski definition) is 5. The van der Waals surface area contributed by atoms with Crippen LogP contribution in [0, 0.1) is 20.8 Å². The molecule has 5 rings (SSSR count). The molecule has 0 radical (unpaired) electrons. The Kier molecular flexibility index (Phi) is 5.46. The van der Waals surface area contributed by atoms with Crippen LogP contribution in [-0.4, -0.2) is 23.0 Å². The number of carbonyl (C=O) groups excluding carboxylic acids is 1. The summed E-state index contributed by atoms with van der Waals surface area (Å²) in [4.78, 5) is 23.1. The van der Waals surface area contributed by atoms with Gasteiger partial charge in [0.15, 0.2) is 5.75 Å². The molecule has 0 unspecified atom stereocenters. The lowest BCUT2D eigenvalue weighted by Crippen LogP contribution is -2.13. The Morgan fingerprint density at radius 1 is 0.882 bits per heavy atom. The van der Waals surface area contributed by atoms with E-state index in [4.69, 9.17) is 14.5 Å². The molecule has 5 nitrogen and oxygen atoms in total. The predicted molar refractivity (Wildman–Crippen MR) is 135 cm³/mol. The zero-order chi connectivity index (χ0) is 23.8. The normalized spacial score (nSPS) is 11.1. The summed E-state index contributed by atoms with van der Waals surface area (Å²) >= 11 is 0. The molecule has 0 N–H and O–H groups in total. The van der Waals surface area contributed by atoms with Gasteiger partial charge < -0.3 is 9.47 Å². The summed E-state index contributed by atoms with van der Waals surface area (Å²) in [5, 5.41) is 1.69. The number of para-hydroxylation sites is 1. The third-order valence-corrected chi connectivity index (χ3v) is 6.03. The largest absolute Gasteiger partial charge is 0.497 e. The first-order chi connectivity index (χ1) is 16.5. The zero-order valence-electron chi connectivity index (χ0n) is 19.5. The Morgan fingerprint density at radius 2 is 1.65 bits per heavy atom. The smallest absolute Gasteiger partial charge is 0.344 e. The van der Waals surface area contributed by atoms with Crippen LogP contribution in [0.25, 0.3) is 33.1 Å². The fourth-order valence-electron chi connectivity index (χ4n) is 4.42. The molecule has 0 atom stereocenters. The van der Waals surface area contributed by atoms with Crippen molar-refractivity contribution in [2.75, 3.05) is 7.11 Å². The number of ether oxygens (including phenoxy) is 2. The molecule has 168 valence electrons. The molecular weight excluding hydrogens is 424 g/mol. The number of fused-ring (bicyclic) bond motifs is 2. The second-order valence-electron chi connectivity index (χ2n) is 8.39. The van der Waals surface area contributed by atoms with Gasteiger partial charge in [-0.2, -0.15) is 0 Å². The van der Waals surface area contributed by atoms with E-state index in [0.717, 1.165) is 50.0 Å². The third-order valence-electron chi connectivity index (χ3n) is 6.03. The van der Waals surface area contributed by atoms with Gasteiger partial charge in [0.25, 0.3) is 0 Å². The minimum absolute atomic E-state index is 0.428. The number of aryl methyl sites for hydroxylation is 2. The van der Waals surface area contributed by atoms with E-state index in [9.17, 15) is 4.79 Å². The summed E-state index contributed by atoms with van der Waals surface area (Å²) in [6.07, 6.45) is 1.70. The lowest BCUT2D eigenvalue weighted by atomic mass is 9.95. The third kappa shape index (κ3) is 3.75. The Morgan fingerprint density at radius 3 is 2.41 bits per heavy atom. The van der Waals surface area contributed by atoms with Crippen LogP contribution in [0.15, 0.2) is 72.9 Å². The number of aromatic nitrogens is 2. The molecule has 0 bridgehead atoms. The molecule has 0 saturated carbocycles. The number of carbonyl (C=O) groups is 1. The highest BCUT2D eigenvalue weighted by Crippen LogP contribution is 2.34. The first kappa shape index (κ1) is 21.6. The highest BCUT2D eigenvalue weighted by atomic mass is 16.5. The fraction of sp³-hybridized carbons (Fsp3) is 0.138. The Balaban J connectivity index is 1.71. The quantitative estimate of drug-likeness (QED) is 0.229. The molecule has 0 spiro atoms. The maximum absolute atomic E-state index is 13.7. The molecule has 0 saturated heterocycles. The van der Waals surface area contributed by atoms with Gasteiger partial charge >= 0.3 is 5.97 Å². The zero-order valence-corrected chi connectivity index (χ0v) is 19.5. The molecular formula is C29H24N2O3. The summed E-state index contributed by atoms with van der Waals surface area (Å²) in [6, 6.07) is 21.1. The SMILES string of the molecule is COc1ccc(-c2nc3c(C)cc(C)cc3c(C(=O)Oc3cccc4cccnc34)c2C)cc1. The van der Waals surface area contributed by atoms with E-state index < -0.39 is 5.97 Å². The predicted octanol–water partition coefficient (Wildman–Crippen LogP) is 6.60. The summed E-state index contributed by atoms with van der Waals surface area (Å²) in [6.45, 7) is 5.95. The van der Waals surface area contributed by atoms with E-state index in [1.165, 1.54) is 0 Å². The van der Waals surface area contributed by atoms with E-state index in [-0.39, 0.29) is 0 Å². The van der Waals surface area contributed by atoms with Gasteiger partial charge in [-0.3, -0.25) is 4.98 Å². The van der Waals surface area contributed by atoms with Crippen LogP contribution < -0.4 is 9.47 Å². The number of benzene rings is 3. The van der Waals surface area contributed by atoms with E-state index >= 15 is 0 Å². The van der Waals surface area contributed by atoms with Gasteiger partial charge in [0.2, 0.25) is 0 Å². The van der Waals surface area contributed by atoms with Gasteiger partial charge in [0.05, 0.1) is 23.9 Å². The van der Waals surface area contributed by atoms with Crippen molar-refractivity contribution < 1.29 is 14.3 Å². The number of hydrogen-bond donors (Lipinski definition) is 0. The molecule has 5 heteroatoms. The highest BCUT2D eigenvalue weighted by Gasteiger charge is 2.22. The lowest BCUT2D eigenvalue weighted by molar-refractivity contribution is 0.0738. The highest BCUT2D eigenvalue weighted by molar-refractivity contribution is 6.08. The average Bonchev–Trinajstić information content (AvgIpc) is 2.84. The molecule has 2 aromatic heterocycles. The van der Waals surface area contributed by atoms with Crippen molar-refractivity contribution >= 4 is 27.8 Å². The molecule has 0 aliphatic rings. The minimum atomic E-state index is -0.428. The van der Waals surface area contributed by atoms with Crippen LogP contribution in [0.4, 0.5) is 0 Å². The molecule has 0 aliphatic carbocycles. The number of methoxy groups -OCH3 is 1. The monoisotopic (exact) mass is 448 g/mol. The van der Waals surface area contributed by atoms with Crippen LogP contribution in [0.5, 0.6) is 11.5 Å². The van der Waals surface area contributed by atoms with Crippen LogP contribution in [0.1, 0.15) is 27.0 Å². The molecule has 34 heavy (non-hydrogen) atoms. The molecule has 0 amide bonds. The standard InChI is InChI=1S/C29H24N2O3/c1-17-15-18(2)26-23(16-17)25(19(3)27(31-26)21-10-12-22(33-4)13-11-21)29(32)34-24-9-5-7-20-8-6-14-30-28(20)24/h5-16H,1-4H3. The van der Waals surface area contributed by atoms with Gasteiger partial charge in [-0.15, -0.1) is 0 Å². The van der Waals surface area contributed by atoms with Crippen molar-refractivity contribution in [3.8, 4) is 22.8 Å². The van der Waals surface area contributed by atoms with Gasteiger partial charge in [-0.1, -0.05) is 29.8 Å². The molecule has 5 aromatic rings. The fourth-order valence-corrected chi connectivity index (χ4v) is 4.42. The number of pyridine rings is 2. The van der Waals surface area contributed by atoms with Crippen molar-refractivity contribution in [1.29, 1.82) is 0 Å². The second kappa shape index (κ2) is 8.60. The van der Waals surface area contributed by atoms with Gasteiger partial charge in [0, 0.05) is 22.5 Å². The van der Waals surface area contributed by atoms with Crippen LogP contribution in [0.2, 0.25) is 0 Å². The molecule has 0 aliphatic heterocycles. The van der Waals surface area contributed by atoms with Crippen molar-refractivity contribution in [2.24, 2.45) is 0 Å². The minimum Gasteiger partial charge on any atom is -0.497 e. The van der Waals surface area contributed by atoms with Gasteiger partial charge in [-0.25, -0.2) is 9.78 Å². The van der Waals surface area contributed by atoms with E-state index in [1.807, 2.05) is 75.4 Å². The lowest BCUT2D eigenvalue weighted by Gasteiger charge is -2.16. The van der Waals surface area contributed by atoms with Crippen LogP contribution in [-0.2, 0) is 0 Å². The van der Waals surface area contributed by atoms with Gasteiger partial charge in [0.1, 0.15) is 11.3 Å². The van der Waals surface area contributed by atoms with Crippen LogP contribution in [0.3, 0.4) is 0 Å². The number of esters is 1. The van der Waals surface area contributed by atoms with E-state index in [2.05, 4.69) is 11.1 Å². The number of rotatable bonds is 4.